The van der Waals surface area contributed by atoms with Crippen LogP contribution in [0.15, 0.2) is 29.9 Å². The molecule has 0 bridgehead atoms. The highest BCUT2D eigenvalue weighted by Gasteiger charge is 2.07. The molecule has 0 atom stereocenters. The fourth-order valence-corrected chi connectivity index (χ4v) is 2.98. The van der Waals surface area contributed by atoms with E-state index in [9.17, 15) is 9.59 Å². The number of hydrogen-bond donors (Lipinski definition) is 2. The van der Waals surface area contributed by atoms with Gasteiger partial charge in [-0.25, -0.2) is 4.98 Å². The summed E-state index contributed by atoms with van der Waals surface area (Å²) >= 11 is 1.58. The van der Waals surface area contributed by atoms with Crippen LogP contribution in [0.1, 0.15) is 31.9 Å². The Labute approximate surface area is 145 Å². The number of pyridine rings is 1. The highest BCUT2D eigenvalue weighted by atomic mass is 32.1. The Morgan fingerprint density at radius 2 is 1.83 bits per heavy atom. The molecule has 6 nitrogen and oxygen atoms in total. The van der Waals surface area contributed by atoms with Crippen molar-refractivity contribution in [2.75, 3.05) is 13.1 Å². The first-order chi connectivity index (χ1) is 11.6. The molecule has 2 rings (SSSR count). The van der Waals surface area contributed by atoms with E-state index in [0.29, 0.717) is 25.9 Å². The Bertz CT molecular complexity index is 658. The number of aromatic nitrogens is 2. The molecule has 0 spiro atoms. The first kappa shape index (κ1) is 18.1. The van der Waals surface area contributed by atoms with Gasteiger partial charge in [0, 0.05) is 49.8 Å². The molecule has 2 amide bonds. The minimum Gasteiger partial charge on any atom is -0.356 e. The maximum absolute atomic E-state index is 11.8. The average molecular weight is 346 g/mol. The molecule has 0 aliphatic carbocycles. The number of rotatable bonds is 9. The van der Waals surface area contributed by atoms with Crippen LogP contribution in [0.4, 0.5) is 0 Å². The third-order valence-corrected chi connectivity index (χ3v) is 4.33. The van der Waals surface area contributed by atoms with Gasteiger partial charge in [-0.2, -0.15) is 0 Å². The second kappa shape index (κ2) is 9.77. The Morgan fingerprint density at radius 1 is 1.12 bits per heavy atom. The summed E-state index contributed by atoms with van der Waals surface area (Å²) in [7, 11) is 0. The van der Waals surface area contributed by atoms with E-state index in [1.54, 1.807) is 23.7 Å². The summed E-state index contributed by atoms with van der Waals surface area (Å²) in [5, 5.41) is 8.57. The van der Waals surface area contributed by atoms with Gasteiger partial charge in [-0.3, -0.25) is 14.6 Å². The zero-order valence-electron chi connectivity index (χ0n) is 13.7. The van der Waals surface area contributed by atoms with E-state index in [2.05, 4.69) is 20.6 Å². The molecule has 0 aliphatic heterocycles. The van der Waals surface area contributed by atoms with Gasteiger partial charge in [-0.1, -0.05) is 0 Å². The quantitative estimate of drug-likeness (QED) is 0.682. The molecule has 2 heterocycles. The molecule has 0 unspecified atom stereocenters. The third kappa shape index (κ3) is 6.45. The number of carbonyl (C=O) groups excluding carboxylic acids is 2. The van der Waals surface area contributed by atoms with Gasteiger partial charge in [0.2, 0.25) is 11.8 Å². The van der Waals surface area contributed by atoms with Crippen LogP contribution >= 0.6 is 11.3 Å². The molecule has 0 saturated heterocycles. The molecule has 128 valence electrons. The minimum atomic E-state index is -0.0200. The van der Waals surface area contributed by atoms with Gasteiger partial charge in [0.1, 0.15) is 5.01 Å². The predicted molar refractivity (Wildman–Crippen MR) is 94.6 cm³/mol. The molecule has 0 fully saturated rings. The van der Waals surface area contributed by atoms with Crippen molar-refractivity contribution in [3.05, 3.63) is 35.6 Å². The summed E-state index contributed by atoms with van der Waals surface area (Å²) in [5.41, 5.74) is 1.98. The largest absolute Gasteiger partial charge is 0.356 e. The number of thiazole rings is 1. The van der Waals surface area contributed by atoms with Crippen LogP contribution in [-0.2, 0) is 16.0 Å². The molecule has 0 aliphatic rings. The number of amides is 2. The van der Waals surface area contributed by atoms with Gasteiger partial charge in [-0.15, -0.1) is 11.3 Å². The molecule has 0 radical (unpaired) electrons. The average Bonchev–Trinajstić information content (AvgIpc) is 3.06. The number of unbranched alkanes of at least 4 members (excludes halogenated alkanes) is 1. The molecule has 2 aromatic rings. The van der Waals surface area contributed by atoms with Crippen LogP contribution in [0.2, 0.25) is 0 Å². The van der Waals surface area contributed by atoms with E-state index in [4.69, 9.17) is 0 Å². The summed E-state index contributed by atoms with van der Waals surface area (Å²) in [4.78, 5) is 31.1. The van der Waals surface area contributed by atoms with Crippen molar-refractivity contribution in [1.82, 2.24) is 20.6 Å². The Hall–Kier alpha value is -2.28. The van der Waals surface area contributed by atoms with Gasteiger partial charge in [0.25, 0.3) is 0 Å². The van der Waals surface area contributed by atoms with Crippen LogP contribution in [0.3, 0.4) is 0 Å². The number of nitrogens with zero attached hydrogens (tertiary/aromatic N) is 2. The SMILES string of the molecule is CC(=O)NCCCCNC(=O)CCc1csc(-c2ccncc2)n1. The van der Waals surface area contributed by atoms with Crippen LogP contribution in [0, 0.1) is 0 Å². The number of carbonyl (C=O) groups is 2. The van der Waals surface area contributed by atoms with Gasteiger partial charge >= 0.3 is 0 Å². The van der Waals surface area contributed by atoms with Crippen molar-refractivity contribution in [2.24, 2.45) is 0 Å². The fourth-order valence-electron chi connectivity index (χ4n) is 2.12. The minimum absolute atomic E-state index is 0.0200. The zero-order valence-corrected chi connectivity index (χ0v) is 14.6. The molecule has 24 heavy (non-hydrogen) atoms. The van der Waals surface area contributed by atoms with E-state index >= 15 is 0 Å². The van der Waals surface area contributed by atoms with E-state index in [1.165, 1.54) is 6.92 Å². The lowest BCUT2D eigenvalue weighted by atomic mass is 10.2. The maximum Gasteiger partial charge on any atom is 0.220 e. The second-order valence-electron chi connectivity index (χ2n) is 5.42. The van der Waals surface area contributed by atoms with Crippen LogP contribution in [0.5, 0.6) is 0 Å². The lowest BCUT2D eigenvalue weighted by Gasteiger charge is -2.05. The Balaban J connectivity index is 1.64. The lowest BCUT2D eigenvalue weighted by Crippen LogP contribution is -2.26. The molecular weight excluding hydrogens is 324 g/mol. The molecular formula is C17H22N4O2S. The summed E-state index contributed by atoms with van der Waals surface area (Å²) < 4.78 is 0. The van der Waals surface area contributed by atoms with Crippen LogP contribution in [0.25, 0.3) is 10.6 Å². The smallest absolute Gasteiger partial charge is 0.220 e. The van der Waals surface area contributed by atoms with Crippen molar-refractivity contribution >= 4 is 23.2 Å². The van der Waals surface area contributed by atoms with Gasteiger partial charge in [-0.05, 0) is 31.4 Å². The molecule has 0 aromatic carbocycles. The summed E-state index contributed by atoms with van der Waals surface area (Å²) in [6, 6.07) is 3.85. The van der Waals surface area contributed by atoms with Crippen molar-refractivity contribution in [3.8, 4) is 10.6 Å². The van der Waals surface area contributed by atoms with Crippen LogP contribution in [-0.4, -0.2) is 34.9 Å². The Kier molecular flexibility index (Phi) is 7.35. The van der Waals surface area contributed by atoms with Gasteiger partial charge < -0.3 is 10.6 Å². The molecule has 7 heteroatoms. The van der Waals surface area contributed by atoms with Crippen molar-refractivity contribution in [2.45, 2.75) is 32.6 Å². The lowest BCUT2D eigenvalue weighted by molar-refractivity contribution is -0.121. The van der Waals surface area contributed by atoms with E-state index < -0.39 is 0 Å². The highest BCUT2D eigenvalue weighted by molar-refractivity contribution is 7.13. The van der Waals surface area contributed by atoms with E-state index in [1.807, 2.05) is 17.5 Å². The van der Waals surface area contributed by atoms with E-state index in [-0.39, 0.29) is 11.8 Å². The standard InChI is InChI=1S/C17H22N4O2S/c1-13(22)19-8-2-3-9-20-16(23)5-4-15-12-24-17(21-15)14-6-10-18-11-7-14/h6-7,10-12H,2-5,8-9H2,1H3,(H,19,22)(H,20,23). The van der Waals surface area contributed by atoms with Gasteiger partial charge in [0.05, 0.1) is 5.69 Å². The summed E-state index contributed by atoms with van der Waals surface area (Å²) in [6.07, 6.45) is 6.28. The second-order valence-corrected chi connectivity index (χ2v) is 6.28. The third-order valence-electron chi connectivity index (χ3n) is 3.39. The van der Waals surface area contributed by atoms with Crippen LogP contribution < -0.4 is 10.6 Å². The Morgan fingerprint density at radius 3 is 2.54 bits per heavy atom. The molecule has 2 N–H and O–H groups in total. The number of hydrogen-bond acceptors (Lipinski definition) is 5. The number of aryl methyl sites for hydroxylation is 1. The zero-order chi connectivity index (χ0) is 17.2. The molecule has 2 aromatic heterocycles. The summed E-state index contributed by atoms with van der Waals surface area (Å²) in [5.74, 6) is 0.0152. The highest BCUT2D eigenvalue weighted by Crippen LogP contribution is 2.23. The summed E-state index contributed by atoms with van der Waals surface area (Å²) in [6.45, 7) is 2.79. The van der Waals surface area contributed by atoms with Crippen molar-refractivity contribution in [3.63, 3.8) is 0 Å². The normalized spacial score (nSPS) is 10.4. The van der Waals surface area contributed by atoms with E-state index in [0.717, 1.165) is 29.1 Å². The maximum atomic E-state index is 11.8. The molecule has 0 saturated carbocycles. The van der Waals surface area contributed by atoms with Gasteiger partial charge in [0.15, 0.2) is 0 Å². The predicted octanol–water partition coefficient (Wildman–Crippen LogP) is 2.17. The number of nitrogens with one attached hydrogen (secondary N) is 2. The fraction of sp³-hybridized carbons (Fsp3) is 0.412. The van der Waals surface area contributed by atoms with Crippen molar-refractivity contribution < 1.29 is 9.59 Å². The first-order valence-corrected chi connectivity index (χ1v) is 8.89. The van der Waals surface area contributed by atoms with Crippen molar-refractivity contribution in [1.29, 1.82) is 0 Å². The first-order valence-electron chi connectivity index (χ1n) is 8.01. The topological polar surface area (TPSA) is 84.0 Å². The monoisotopic (exact) mass is 346 g/mol.